The monoisotopic (exact) mass is 278 g/mol. The van der Waals surface area contributed by atoms with Crippen LogP contribution < -0.4 is 10.2 Å². The molecule has 1 aromatic rings. The van der Waals surface area contributed by atoms with Crippen LogP contribution in [0.15, 0.2) is 6.07 Å². The molecule has 0 unspecified atom stereocenters. The fourth-order valence-electron chi connectivity index (χ4n) is 2.25. The minimum atomic E-state index is 0.772. The van der Waals surface area contributed by atoms with Crippen molar-refractivity contribution in [2.75, 3.05) is 29.9 Å². The molecule has 0 aliphatic rings. The molecule has 0 atom stereocenters. The largest absolute Gasteiger partial charge is 0.356 e. The smallest absolute Gasteiger partial charge is 0.224 e. The Morgan fingerprint density at radius 2 is 1.70 bits per heavy atom. The van der Waals surface area contributed by atoms with E-state index in [4.69, 9.17) is 0 Å². The van der Waals surface area contributed by atoms with E-state index in [9.17, 15) is 0 Å². The molecule has 4 nitrogen and oxygen atoms in total. The molecule has 0 fully saturated rings. The van der Waals surface area contributed by atoms with E-state index in [2.05, 4.69) is 47.0 Å². The summed E-state index contributed by atoms with van der Waals surface area (Å²) in [4.78, 5) is 11.5. The molecule has 0 saturated heterocycles. The Balaban J connectivity index is 2.72. The van der Waals surface area contributed by atoms with Gasteiger partial charge in [-0.2, -0.15) is 4.98 Å². The Morgan fingerprint density at radius 1 is 1.00 bits per heavy atom. The van der Waals surface area contributed by atoms with Crippen molar-refractivity contribution in [2.45, 2.75) is 59.8 Å². The molecule has 0 amide bonds. The van der Waals surface area contributed by atoms with Crippen molar-refractivity contribution in [3.63, 3.8) is 0 Å². The van der Waals surface area contributed by atoms with Gasteiger partial charge in [-0.15, -0.1) is 0 Å². The lowest BCUT2D eigenvalue weighted by Crippen LogP contribution is -2.26. The first-order chi connectivity index (χ1) is 9.71. The van der Waals surface area contributed by atoms with Gasteiger partial charge in [0, 0.05) is 31.4 Å². The van der Waals surface area contributed by atoms with Crippen LogP contribution in [0.5, 0.6) is 0 Å². The van der Waals surface area contributed by atoms with Crippen molar-refractivity contribution in [2.24, 2.45) is 0 Å². The maximum atomic E-state index is 4.67. The number of hydrogen-bond acceptors (Lipinski definition) is 4. The van der Waals surface area contributed by atoms with Crippen LogP contribution in [-0.4, -0.2) is 29.6 Å². The average Bonchev–Trinajstić information content (AvgIpc) is 2.43. The normalized spacial score (nSPS) is 10.6. The van der Waals surface area contributed by atoms with Gasteiger partial charge in [0.2, 0.25) is 5.95 Å². The standard InChI is InChI=1S/C16H30N4/c1-5-8-9-10-17-16-18-14(4)13-15(19-16)20(11-6-2)12-7-3/h13H,5-12H2,1-4H3,(H,17,18,19). The average molecular weight is 278 g/mol. The number of rotatable bonds is 10. The molecular formula is C16H30N4. The van der Waals surface area contributed by atoms with Crippen LogP contribution in [0.1, 0.15) is 58.6 Å². The molecule has 4 heteroatoms. The lowest BCUT2D eigenvalue weighted by atomic mass is 10.2. The van der Waals surface area contributed by atoms with Crippen molar-refractivity contribution in [1.82, 2.24) is 9.97 Å². The zero-order valence-electron chi connectivity index (χ0n) is 13.6. The van der Waals surface area contributed by atoms with E-state index >= 15 is 0 Å². The summed E-state index contributed by atoms with van der Waals surface area (Å²) in [7, 11) is 0. The lowest BCUT2D eigenvalue weighted by molar-refractivity contribution is 0.726. The number of nitrogens with one attached hydrogen (secondary N) is 1. The number of unbranched alkanes of at least 4 members (excludes halogenated alkanes) is 2. The Bertz CT molecular complexity index is 373. The summed E-state index contributed by atoms with van der Waals surface area (Å²) in [5, 5.41) is 3.35. The third-order valence-electron chi connectivity index (χ3n) is 3.22. The molecule has 1 rings (SSSR count). The molecule has 0 aliphatic heterocycles. The second-order valence-corrected chi connectivity index (χ2v) is 5.31. The lowest BCUT2D eigenvalue weighted by Gasteiger charge is -2.23. The highest BCUT2D eigenvalue weighted by Gasteiger charge is 2.09. The molecule has 20 heavy (non-hydrogen) atoms. The highest BCUT2D eigenvalue weighted by Crippen LogP contribution is 2.16. The van der Waals surface area contributed by atoms with Crippen LogP contribution in [-0.2, 0) is 0 Å². The molecule has 114 valence electrons. The van der Waals surface area contributed by atoms with Crippen LogP contribution in [0.4, 0.5) is 11.8 Å². The van der Waals surface area contributed by atoms with Gasteiger partial charge in [-0.25, -0.2) is 4.98 Å². The molecular weight excluding hydrogens is 248 g/mol. The topological polar surface area (TPSA) is 41.1 Å². The zero-order valence-corrected chi connectivity index (χ0v) is 13.6. The van der Waals surface area contributed by atoms with Crippen LogP contribution in [0.25, 0.3) is 0 Å². The Morgan fingerprint density at radius 3 is 2.30 bits per heavy atom. The van der Waals surface area contributed by atoms with Gasteiger partial charge in [-0.3, -0.25) is 0 Å². The number of anilines is 2. The third kappa shape index (κ3) is 5.76. The van der Waals surface area contributed by atoms with Crippen molar-refractivity contribution in [3.05, 3.63) is 11.8 Å². The summed E-state index contributed by atoms with van der Waals surface area (Å²) in [6.07, 6.45) is 5.95. The second kappa shape index (κ2) is 9.56. The predicted octanol–water partition coefficient (Wildman–Crippen LogP) is 4.01. The van der Waals surface area contributed by atoms with Crippen molar-refractivity contribution in [1.29, 1.82) is 0 Å². The highest BCUT2D eigenvalue weighted by atomic mass is 15.2. The summed E-state index contributed by atoms with van der Waals surface area (Å²) in [5.41, 5.74) is 1.03. The first kappa shape index (κ1) is 16.7. The van der Waals surface area contributed by atoms with E-state index in [1.807, 2.05) is 6.92 Å². The van der Waals surface area contributed by atoms with E-state index in [0.717, 1.165) is 49.9 Å². The van der Waals surface area contributed by atoms with E-state index in [1.165, 1.54) is 19.3 Å². The van der Waals surface area contributed by atoms with E-state index in [0.29, 0.717) is 0 Å². The minimum absolute atomic E-state index is 0.772. The fraction of sp³-hybridized carbons (Fsp3) is 0.750. The van der Waals surface area contributed by atoms with Crippen molar-refractivity contribution in [3.8, 4) is 0 Å². The van der Waals surface area contributed by atoms with Gasteiger partial charge in [0.25, 0.3) is 0 Å². The van der Waals surface area contributed by atoms with Crippen LogP contribution in [0.2, 0.25) is 0 Å². The highest BCUT2D eigenvalue weighted by molar-refractivity contribution is 5.44. The summed E-state index contributed by atoms with van der Waals surface area (Å²) in [6, 6.07) is 2.09. The van der Waals surface area contributed by atoms with Gasteiger partial charge in [-0.1, -0.05) is 33.6 Å². The van der Waals surface area contributed by atoms with E-state index in [-0.39, 0.29) is 0 Å². The summed E-state index contributed by atoms with van der Waals surface area (Å²) in [5.74, 6) is 1.83. The molecule has 0 aromatic carbocycles. The van der Waals surface area contributed by atoms with Crippen LogP contribution in [0, 0.1) is 6.92 Å². The predicted molar refractivity (Wildman–Crippen MR) is 87.6 cm³/mol. The molecule has 1 heterocycles. The van der Waals surface area contributed by atoms with Crippen LogP contribution >= 0.6 is 0 Å². The Hall–Kier alpha value is -1.32. The molecule has 1 aromatic heterocycles. The molecule has 0 radical (unpaired) electrons. The number of aryl methyl sites for hydroxylation is 1. The zero-order chi connectivity index (χ0) is 14.8. The van der Waals surface area contributed by atoms with Crippen molar-refractivity contribution < 1.29 is 0 Å². The van der Waals surface area contributed by atoms with E-state index < -0.39 is 0 Å². The first-order valence-electron chi connectivity index (χ1n) is 8.05. The maximum Gasteiger partial charge on any atom is 0.224 e. The third-order valence-corrected chi connectivity index (χ3v) is 3.22. The SMILES string of the molecule is CCCCCNc1nc(C)cc(N(CCC)CCC)n1. The van der Waals surface area contributed by atoms with Crippen molar-refractivity contribution >= 4 is 11.8 Å². The Labute approximate surface area is 124 Å². The van der Waals surface area contributed by atoms with Crippen LogP contribution in [0.3, 0.4) is 0 Å². The van der Waals surface area contributed by atoms with Gasteiger partial charge in [-0.05, 0) is 26.2 Å². The minimum Gasteiger partial charge on any atom is -0.356 e. The number of hydrogen-bond donors (Lipinski definition) is 1. The molecule has 1 N–H and O–H groups in total. The molecule has 0 spiro atoms. The summed E-state index contributed by atoms with van der Waals surface area (Å²) in [6.45, 7) is 11.7. The van der Waals surface area contributed by atoms with Gasteiger partial charge in [0.05, 0.1) is 0 Å². The maximum absolute atomic E-state index is 4.67. The van der Waals surface area contributed by atoms with Gasteiger partial charge in [0.15, 0.2) is 0 Å². The number of nitrogens with zero attached hydrogens (tertiary/aromatic N) is 3. The number of aromatic nitrogens is 2. The second-order valence-electron chi connectivity index (χ2n) is 5.31. The van der Waals surface area contributed by atoms with Gasteiger partial charge in [0.1, 0.15) is 5.82 Å². The quantitative estimate of drug-likeness (QED) is 0.656. The summed E-state index contributed by atoms with van der Waals surface area (Å²) < 4.78 is 0. The Kier molecular flexibility index (Phi) is 8.00. The van der Waals surface area contributed by atoms with E-state index in [1.54, 1.807) is 0 Å². The molecule has 0 aliphatic carbocycles. The molecule has 0 saturated carbocycles. The molecule has 0 bridgehead atoms. The first-order valence-corrected chi connectivity index (χ1v) is 8.05. The van der Waals surface area contributed by atoms with Gasteiger partial charge >= 0.3 is 0 Å². The summed E-state index contributed by atoms with van der Waals surface area (Å²) >= 11 is 0. The fourth-order valence-corrected chi connectivity index (χ4v) is 2.25. The van der Waals surface area contributed by atoms with Gasteiger partial charge < -0.3 is 10.2 Å².